The maximum Gasteiger partial charge on any atom is 0.277 e. The fourth-order valence-electron chi connectivity index (χ4n) is 1.95. The van der Waals surface area contributed by atoms with Crippen molar-refractivity contribution in [3.63, 3.8) is 0 Å². The number of carbonyl (C=O) groups is 1. The van der Waals surface area contributed by atoms with Crippen LogP contribution in [0.25, 0.3) is 0 Å². The molecule has 110 valence electrons. The van der Waals surface area contributed by atoms with Crippen LogP contribution in [0.5, 0.6) is 11.5 Å². The van der Waals surface area contributed by atoms with Crippen LogP contribution in [0.15, 0.2) is 24.4 Å². The Morgan fingerprint density at radius 2 is 2.33 bits per heavy atom. The molecule has 2 heterocycles. The summed E-state index contributed by atoms with van der Waals surface area (Å²) in [6.45, 7) is 1.64. The SMILES string of the molecule is COc1ccc(O)c(NC(=O)c2cn(C3CNC3)nn2)c1. The standard InChI is InChI=1S/C13H15N5O3/c1-21-9-2-3-12(19)10(4-9)15-13(20)11-7-18(17-16-11)8-5-14-6-8/h2-4,7-8,14,19H,5-6H2,1H3,(H,15,20). The van der Waals surface area contributed by atoms with Gasteiger partial charge < -0.3 is 20.5 Å². The molecule has 0 atom stereocenters. The van der Waals surface area contributed by atoms with E-state index in [2.05, 4.69) is 20.9 Å². The first kappa shape index (κ1) is 13.4. The van der Waals surface area contributed by atoms with Crippen LogP contribution in [0.3, 0.4) is 0 Å². The molecule has 0 bridgehead atoms. The number of rotatable bonds is 4. The Bertz CT molecular complexity index is 666. The zero-order chi connectivity index (χ0) is 14.8. The fourth-order valence-corrected chi connectivity index (χ4v) is 1.95. The monoisotopic (exact) mass is 289 g/mol. The molecular weight excluding hydrogens is 274 g/mol. The Hall–Kier alpha value is -2.61. The second-order valence-electron chi connectivity index (χ2n) is 4.73. The molecule has 3 rings (SSSR count). The van der Waals surface area contributed by atoms with Crippen molar-refractivity contribution >= 4 is 11.6 Å². The summed E-state index contributed by atoms with van der Waals surface area (Å²) in [5.41, 5.74) is 0.461. The van der Waals surface area contributed by atoms with Gasteiger partial charge in [-0.1, -0.05) is 5.21 Å². The summed E-state index contributed by atoms with van der Waals surface area (Å²) in [6.07, 6.45) is 1.60. The van der Waals surface area contributed by atoms with Crippen LogP contribution in [0.2, 0.25) is 0 Å². The topological polar surface area (TPSA) is 101 Å². The summed E-state index contributed by atoms with van der Waals surface area (Å²) in [7, 11) is 1.51. The predicted octanol–water partition coefficient (Wildman–Crippen LogP) is 0.389. The minimum absolute atomic E-state index is 0.0419. The molecule has 1 fully saturated rings. The van der Waals surface area contributed by atoms with Crippen LogP contribution < -0.4 is 15.4 Å². The molecule has 2 aromatic rings. The van der Waals surface area contributed by atoms with E-state index in [-0.39, 0.29) is 23.2 Å². The van der Waals surface area contributed by atoms with Crippen LogP contribution in [0.1, 0.15) is 16.5 Å². The highest BCUT2D eigenvalue weighted by atomic mass is 16.5. The Kier molecular flexibility index (Phi) is 3.44. The number of benzene rings is 1. The number of nitrogens with zero attached hydrogens (tertiary/aromatic N) is 3. The number of hydrogen-bond acceptors (Lipinski definition) is 6. The van der Waals surface area contributed by atoms with E-state index in [1.807, 2.05) is 0 Å². The van der Waals surface area contributed by atoms with E-state index in [9.17, 15) is 9.90 Å². The zero-order valence-electron chi connectivity index (χ0n) is 11.4. The number of aromatic nitrogens is 3. The van der Waals surface area contributed by atoms with E-state index in [1.165, 1.54) is 19.2 Å². The number of phenols is 1. The maximum atomic E-state index is 12.1. The van der Waals surface area contributed by atoms with E-state index in [0.717, 1.165) is 13.1 Å². The number of carbonyl (C=O) groups excluding carboxylic acids is 1. The number of aromatic hydroxyl groups is 1. The number of anilines is 1. The molecular formula is C13H15N5O3. The quantitative estimate of drug-likeness (QED) is 0.704. The lowest BCUT2D eigenvalue weighted by molar-refractivity contribution is 0.102. The molecule has 0 spiro atoms. The molecule has 1 aliphatic rings. The Balaban J connectivity index is 1.75. The van der Waals surface area contributed by atoms with Crippen molar-refractivity contribution in [2.45, 2.75) is 6.04 Å². The maximum absolute atomic E-state index is 12.1. The normalized spacial score (nSPS) is 14.5. The minimum Gasteiger partial charge on any atom is -0.506 e. The number of hydrogen-bond donors (Lipinski definition) is 3. The van der Waals surface area contributed by atoms with Gasteiger partial charge in [0.05, 0.1) is 25.0 Å². The van der Waals surface area contributed by atoms with Crippen LogP contribution >= 0.6 is 0 Å². The molecule has 1 amide bonds. The van der Waals surface area contributed by atoms with Gasteiger partial charge in [-0.2, -0.15) is 0 Å². The molecule has 1 aromatic heterocycles. The van der Waals surface area contributed by atoms with Gasteiger partial charge in [0.15, 0.2) is 5.69 Å². The van der Waals surface area contributed by atoms with E-state index in [1.54, 1.807) is 16.9 Å². The highest BCUT2D eigenvalue weighted by Crippen LogP contribution is 2.28. The molecule has 0 aliphatic carbocycles. The van der Waals surface area contributed by atoms with Gasteiger partial charge in [-0.25, -0.2) is 4.68 Å². The van der Waals surface area contributed by atoms with Crippen molar-refractivity contribution in [3.05, 3.63) is 30.1 Å². The first-order valence-corrected chi connectivity index (χ1v) is 6.48. The van der Waals surface area contributed by atoms with Crippen molar-refractivity contribution in [3.8, 4) is 11.5 Å². The van der Waals surface area contributed by atoms with Crippen molar-refractivity contribution in [2.24, 2.45) is 0 Å². The van der Waals surface area contributed by atoms with Gasteiger partial charge in [-0.05, 0) is 12.1 Å². The first-order valence-electron chi connectivity index (χ1n) is 6.48. The predicted molar refractivity (Wildman–Crippen MR) is 74.5 cm³/mol. The van der Waals surface area contributed by atoms with Crippen LogP contribution in [0, 0.1) is 0 Å². The second-order valence-corrected chi connectivity index (χ2v) is 4.73. The van der Waals surface area contributed by atoms with Crippen LogP contribution in [0.4, 0.5) is 5.69 Å². The van der Waals surface area contributed by atoms with Gasteiger partial charge in [0, 0.05) is 19.2 Å². The molecule has 0 saturated carbocycles. The van der Waals surface area contributed by atoms with Crippen molar-refractivity contribution in [2.75, 3.05) is 25.5 Å². The number of ether oxygens (including phenoxy) is 1. The average molecular weight is 289 g/mol. The summed E-state index contributed by atoms with van der Waals surface area (Å²) >= 11 is 0. The minimum atomic E-state index is -0.433. The van der Waals surface area contributed by atoms with E-state index >= 15 is 0 Å². The molecule has 1 aliphatic heterocycles. The number of methoxy groups -OCH3 is 1. The highest BCUT2D eigenvalue weighted by Gasteiger charge is 2.22. The third-order valence-electron chi connectivity index (χ3n) is 3.33. The van der Waals surface area contributed by atoms with Crippen LogP contribution in [-0.2, 0) is 0 Å². The lowest BCUT2D eigenvalue weighted by atomic mass is 10.2. The Morgan fingerprint density at radius 3 is 3.00 bits per heavy atom. The molecule has 0 unspecified atom stereocenters. The van der Waals surface area contributed by atoms with Gasteiger partial charge in [-0.3, -0.25) is 4.79 Å². The van der Waals surface area contributed by atoms with Gasteiger partial charge >= 0.3 is 0 Å². The van der Waals surface area contributed by atoms with Gasteiger partial charge in [-0.15, -0.1) is 5.10 Å². The smallest absolute Gasteiger partial charge is 0.277 e. The first-order chi connectivity index (χ1) is 10.2. The number of phenolic OH excluding ortho intramolecular Hbond substituents is 1. The molecule has 1 saturated heterocycles. The number of nitrogens with one attached hydrogen (secondary N) is 2. The molecule has 3 N–H and O–H groups in total. The van der Waals surface area contributed by atoms with Crippen molar-refractivity contribution in [1.29, 1.82) is 0 Å². The largest absolute Gasteiger partial charge is 0.506 e. The lowest BCUT2D eigenvalue weighted by Gasteiger charge is -2.26. The molecule has 21 heavy (non-hydrogen) atoms. The van der Waals surface area contributed by atoms with Crippen LogP contribution in [-0.4, -0.2) is 46.2 Å². The molecule has 8 nitrogen and oxygen atoms in total. The van der Waals surface area contributed by atoms with Crippen molar-refractivity contribution in [1.82, 2.24) is 20.3 Å². The lowest BCUT2D eigenvalue weighted by Crippen LogP contribution is -2.43. The molecule has 0 radical (unpaired) electrons. The van der Waals surface area contributed by atoms with E-state index in [4.69, 9.17) is 4.74 Å². The summed E-state index contributed by atoms with van der Waals surface area (Å²) in [5.74, 6) is 0.0594. The molecule has 1 aromatic carbocycles. The van der Waals surface area contributed by atoms with E-state index in [0.29, 0.717) is 5.75 Å². The van der Waals surface area contributed by atoms with Gasteiger partial charge in [0.1, 0.15) is 11.5 Å². The van der Waals surface area contributed by atoms with E-state index < -0.39 is 5.91 Å². The Labute approximate surface area is 120 Å². The third-order valence-corrected chi connectivity index (χ3v) is 3.33. The highest BCUT2D eigenvalue weighted by molar-refractivity contribution is 6.03. The molecule has 8 heteroatoms. The average Bonchev–Trinajstić information content (AvgIpc) is 2.88. The summed E-state index contributed by atoms with van der Waals surface area (Å²) in [5, 5.41) is 23.2. The fraction of sp³-hybridized carbons (Fsp3) is 0.308. The Morgan fingerprint density at radius 1 is 1.52 bits per heavy atom. The summed E-state index contributed by atoms with van der Waals surface area (Å²) < 4.78 is 6.72. The number of amides is 1. The summed E-state index contributed by atoms with van der Waals surface area (Å²) in [6, 6.07) is 4.83. The van der Waals surface area contributed by atoms with Gasteiger partial charge in [0.25, 0.3) is 5.91 Å². The third kappa shape index (κ3) is 2.65. The second kappa shape index (κ2) is 5.41. The van der Waals surface area contributed by atoms with Gasteiger partial charge in [0.2, 0.25) is 0 Å². The van der Waals surface area contributed by atoms with Crippen molar-refractivity contribution < 1.29 is 14.6 Å². The zero-order valence-corrected chi connectivity index (χ0v) is 11.4. The summed E-state index contributed by atoms with van der Waals surface area (Å²) in [4.78, 5) is 12.1.